The fourth-order valence-corrected chi connectivity index (χ4v) is 2.75. The Morgan fingerprint density at radius 2 is 1.90 bits per heavy atom. The number of rotatable bonds is 2. The second kappa shape index (κ2) is 6.21. The highest BCUT2D eigenvalue weighted by Gasteiger charge is 2.10. The van der Waals surface area contributed by atoms with E-state index >= 15 is 0 Å². The molecule has 0 atom stereocenters. The summed E-state index contributed by atoms with van der Waals surface area (Å²) in [6.45, 7) is 1.92. The van der Waals surface area contributed by atoms with Crippen LogP contribution in [-0.4, -0.2) is 5.91 Å². The first-order valence-corrected chi connectivity index (χ1v) is 7.36. The van der Waals surface area contributed by atoms with Gasteiger partial charge in [-0.3, -0.25) is 4.79 Å². The zero-order chi connectivity index (χ0) is 14.7. The summed E-state index contributed by atoms with van der Waals surface area (Å²) in [5.41, 5.74) is 2.44. The molecular formula is C15H10Br2N2O. The number of hydrogen-bond donors (Lipinski definition) is 1. The van der Waals surface area contributed by atoms with Gasteiger partial charge in [0, 0.05) is 14.5 Å². The van der Waals surface area contributed by atoms with Gasteiger partial charge in [-0.1, -0.05) is 31.9 Å². The van der Waals surface area contributed by atoms with Gasteiger partial charge >= 0.3 is 0 Å². The van der Waals surface area contributed by atoms with Crippen LogP contribution < -0.4 is 5.32 Å². The zero-order valence-corrected chi connectivity index (χ0v) is 13.7. The third-order valence-electron chi connectivity index (χ3n) is 2.65. The summed E-state index contributed by atoms with van der Waals surface area (Å²) in [5, 5.41) is 11.8. The zero-order valence-electron chi connectivity index (χ0n) is 10.6. The standard InChI is InChI=1S/C15H10Br2N2O/c1-9-4-11(6-13(17)5-9)15(20)19-14-7-12(16)3-2-10(14)8-18/h2-7H,1H3,(H,19,20). The molecule has 100 valence electrons. The fourth-order valence-electron chi connectivity index (χ4n) is 1.78. The van der Waals surface area contributed by atoms with Gasteiger partial charge in [-0.15, -0.1) is 0 Å². The molecule has 1 amide bonds. The molecule has 0 bridgehead atoms. The second-order valence-corrected chi connectivity index (χ2v) is 6.10. The van der Waals surface area contributed by atoms with Crippen molar-refractivity contribution in [2.45, 2.75) is 6.92 Å². The van der Waals surface area contributed by atoms with E-state index in [0.717, 1.165) is 14.5 Å². The third kappa shape index (κ3) is 3.47. The number of carbonyl (C=O) groups is 1. The van der Waals surface area contributed by atoms with E-state index in [1.54, 1.807) is 30.3 Å². The van der Waals surface area contributed by atoms with E-state index in [9.17, 15) is 4.79 Å². The Labute approximate surface area is 133 Å². The van der Waals surface area contributed by atoms with Crippen molar-refractivity contribution >= 4 is 43.5 Å². The molecule has 0 heterocycles. The van der Waals surface area contributed by atoms with Gasteiger partial charge < -0.3 is 5.32 Å². The first-order valence-electron chi connectivity index (χ1n) is 5.78. The van der Waals surface area contributed by atoms with Crippen LogP contribution in [0.25, 0.3) is 0 Å². The minimum atomic E-state index is -0.246. The molecule has 0 aliphatic heterocycles. The average molecular weight is 394 g/mol. The maximum absolute atomic E-state index is 12.2. The molecule has 0 fully saturated rings. The molecule has 0 aliphatic rings. The maximum atomic E-state index is 12.2. The van der Waals surface area contributed by atoms with Crippen LogP contribution in [0.15, 0.2) is 45.3 Å². The van der Waals surface area contributed by atoms with Gasteiger partial charge in [0.25, 0.3) is 5.91 Å². The highest BCUT2D eigenvalue weighted by atomic mass is 79.9. The Morgan fingerprint density at radius 1 is 1.15 bits per heavy atom. The number of carbonyl (C=O) groups excluding carboxylic acids is 1. The highest BCUT2D eigenvalue weighted by molar-refractivity contribution is 9.10. The topological polar surface area (TPSA) is 52.9 Å². The number of nitriles is 1. The lowest BCUT2D eigenvalue weighted by molar-refractivity contribution is 0.102. The molecule has 2 aromatic carbocycles. The van der Waals surface area contributed by atoms with Gasteiger partial charge in [-0.2, -0.15) is 5.26 Å². The van der Waals surface area contributed by atoms with Gasteiger partial charge in [-0.25, -0.2) is 0 Å². The molecule has 2 aromatic rings. The number of aryl methyl sites for hydroxylation is 1. The van der Waals surface area contributed by atoms with Crippen molar-refractivity contribution in [1.29, 1.82) is 5.26 Å². The maximum Gasteiger partial charge on any atom is 0.255 e. The Kier molecular flexibility index (Phi) is 4.58. The van der Waals surface area contributed by atoms with Crippen molar-refractivity contribution in [2.24, 2.45) is 0 Å². The van der Waals surface area contributed by atoms with Crippen LogP contribution in [0, 0.1) is 18.3 Å². The van der Waals surface area contributed by atoms with E-state index < -0.39 is 0 Å². The molecule has 2 rings (SSSR count). The van der Waals surface area contributed by atoms with Gasteiger partial charge in [-0.05, 0) is 48.9 Å². The number of nitrogens with zero attached hydrogens (tertiary/aromatic N) is 1. The molecule has 0 unspecified atom stereocenters. The fraction of sp³-hybridized carbons (Fsp3) is 0.0667. The Hall–Kier alpha value is -1.64. The molecule has 0 saturated heterocycles. The molecule has 5 heteroatoms. The van der Waals surface area contributed by atoms with Crippen LogP contribution in [0.5, 0.6) is 0 Å². The smallest absolute Gasteiger partial charge is 0.255 e. The van der Waals surface area contributed by atoms with Gasteiger partial charge in [0.2, 0.25) is 0 Å². The predicted molar refractivity (Wildman–Crippen MR) is 85.7 cm³/mol. The summed E-state index contributed by atoms with van der Waals surface area (Å²) in [6.07, 6.45) is 0. The lowest BCUT2D eigenvalue weighted by Gasteiger charge is -2.08. The normalized spacial score (nSPS) is 9.90. The van der Waals surface area contributed by atoms with Gasteiger partial charge in [0.05, 0.1) is 11.3 Å². The minimum absolute atomic E-state index is 0.246. The average Bonchev–Trinajstić information content (AvgIpc) is 2.37. The van der Waals surface area contributed by atoms with Crippen molar-refractivity contribution < 1.29 is 4.79 Å². The number of benzene rings is 2. The molecule has 1 N–H and O–H groups in total. The lowest BCUT2D eigenvalue weighted by Crippen LogP contribution is -2.13. The van der Waals surface area contributed by atoms with Crippen LogP contribution in [-0.2, 0) is 0 Å². The van der Waals surface area contributed by atoms with Crippen molar-refractivity contribution in [3.63, 3.8) is 0 Å². The monoisotopic (exact) mass is 392 g/mol. The number of amides is 1. The van der Waals surface area contributed by atoms with Crippen molar-refractivity contribution in [2.75, 3.05) is 5.32 Å². The second-order valence-electron chi connectivity index (χ2n) is 4.27. The van der Waals surface area contributed by atoms with E-state index in [-0.39, 0.29) is 5.91 Å². The molecule has 0 aliphatic carbocycles. The molecular weight excluding hydrogens is 384 g/mol. The van der Waals surface area contributed by atoms with E-state index in [1.165, 1.54) is 0 Å². The quantitative estimate of drug-likeness (QED) is 0.807. The van der Waals surface area contributed by atoms with Crippen molar-refractivity contribution in [3.05, 3.63) is 62.0 Å². The number of nitrogens with one attached hydrogen (secondary N) is 1. The van der Waals surface area contributed by atoms with Crippen LogP contribution in [0.3, 0.4) is 0 Å². The summed E-state index contributed by atoms with van der Waals surface area (Å²) in [7, 11) is 0. The Balaban J connectivity index is 2.32. The predicted octanol–water partition coefficient (Wildman–Crippen LogP) is 4.64. The van der Waals surface area contributed by atoms with Gasteiger partial charge in [0.15, 0.2) is 0 Å². The third-order valence-corrected chi connectivity index (χ3v) is 3.61. The van der Waals surface area contributed by atoms with Crippen LogP contribution >= 0.6 is 31.9 Å². The highest BCUT2D eigenvalue weighted by Crippen LogP contribution is 2.22. The molecule has 3 nitrogen and oxygen atoms in total. The summed E-state index contributed by atoms with van der Waals surface area (Å²) in [6, 6.07) is 12.7. The Morgan fingerprint density at radius 3 is 2.55 bits per heavy atom. The lowest BCUT2D eigenvalue weighted by atomic mass is 10.1. The van der Waals surface area contributed by atoms with Crippen LogP contribution in [0.4, 0.5) is 5.69 Å². The first-order chi connectivity index (χ1) is 9.49. The number of halogens is 2. The Bertz CT molecular complexity index is 700. The molecule has 0 radical (unpaired) electrons. The van der Waals surface area contributed by atoms with E-state index in [1.807, 2.05) is 13.0 Å². The molecule has 20 heavy (non-hydrogen) atoms. The first kappa shape index (κ1) is 14.8. The van der Waals surface area contributed by atoms with E-state index in [2.05, 4.69) is 43.2 Å². The van der Waals surface area contributed by atoms with Crippen LogP contribution in [0.2, 0.25) is 0 Å². The van der Waals surface area contributed by atoms with Crippen molar-refractivity contribution in [3.8, 4) is 6.07 Å². The number of anilines is 1. The summed E-state index contributed by atoms with van der Waals surface area (Å²) < 4.78 is 1.65. The van der Waals surface area contributed by atoms with E-state index in [4.69, 9.17) is 5.26 Å². The van der Waals surface area contributed by atoms with Gasteiger partial charge in [0.1, 0.15) is 6.07 Å². The largest absolute Gasteiger partial charge is 0.321 e. The summed E-state index contributed by atoms with van der Waals surface area (Å²) in [4.78, 5) is 12.2. The summed E-state index contributed by atoms with van der Waals surface area (Å²) >= 11 is 6.69. The van der Waals surface area contributed by atoms with Crippen molar-refractivity contribution in [1.82, 2.24) is 0 Å². The number of hydrogen-bond acceptors (Lipinski definition) is 2. The molecule has 0 spiro atoms. The van der Waals surface area contributed by atoms with Crippen LogP contribution in [0.1, 0.15) is 21.5 Å². The SMILES string of the molecule is Cc1cc(Br)cc(C(=O)Nc2cc(Br)ccc2C#N)c1. The van der Waals surface area contributed by atoms with E-state index in [0.29, 0.717) is 16.8 Å². The molecule has 0 aromatic heterocycles. The molecule has 0 saturated carbocycles. The minimum Gasteiger partial charge on any atom is -0.321 e. The summed E-state index contributed by atoms with van der Waals surface area (Å²) in [5.74, 6) is -0.246.